The zero-order valence-electron chi connectivity index (χ0n) is 9.72. The maximum Gasteiger partial charge on any atom is 0.269 e. The van der Waals surface area contributed by atoms with Gasteiger partial charge < -0.3 is 0 Å². The van der Waals surface area contributed by atoms with Crippen molar-refractivity contribution in [3.05, 3.63) is 74.2 Å². The van der Waals surface area contributed by atoms with Crippen molar-refractivity contribution < 1.29 is 4.92 Å². The highest BCUT2D eigenvalue weighted by molar-refractivity contribution is 9.15. The lowest BCUT2D eigenvalue weighted by Crippen LogP contribution is -1.87. The molecular formula is C14H9Br2NO2. The molecule has 96 valence electrons. The summed E-state index contributed by atoms with van der Waals surface area (Å²) in [4.78, 5) is 10.2. The van der Waals surface area contributed by atoms with Gasteiger partial charge in [0.1, 0.15) is 0 Å². The highest BCUT2D eigenvalue weighted by atomic mass is 79.9. The van der Waals surface area contributed by atoms with Crippen LogP contribution in [0.1, 0.15) is 11.1 Å². The van der Waals surface area contributed by atoms with Crippen LogP contribution in [-0.2, 0) is 0 Å². The lowest BCUT2D eigenvalue weighted by molar-refractivity contribution is -0.384. The number of benzene rings is 2. The van der Waals surface area contributed by atoms with Crippen LogP contribution in [0.25, 0.3) is 10.6 Å². The number of nitrogens with zero attached hydrogens (tertiary/aromatic N) is 1. The van der Waals surface area contributed by atoms with Crippen LogP contribution in [0, 0.1) is 10.1 Å². The Balaban J connectivity index is 2.25. The average molecular weight is 383 g/mol. The molecule has 0 bridgehead atoms. The number of non-ortho nitro benzene ring substituents is 1. The number of nitro groups is 1. The Morgan fingerprint density at radius 3 is 2.16 bits per heavy atom. The minimum atomic E-state index is -0.407. The van der Waals surface area contributed by atoms with Crippen LogP contribution in [0.3, 0.4) is 0 Å². The molecule has 0 spiro atoms. The molecule has 2 aromatic rings. The molecular weight excluding hydrogens is 374 g/mol. The topological polar surface area (TPSA) is 43.1 Å². The summed E-state index contributed by atoms with van der Waals surface area (Å²) >= 11 is 6.86. The fourth-order valence-corrected chi connectivity index (χ4v) is 2.32. The predicted molar refractivity (Wildman–Crippen MR) is 84.0 cm³/mol. The summed E-state index contributed by atoms with van der Waals surface area (Å²) in [5.41, 5.74) is 2.04. The minimum absolute atomic E-state index is 0.0905. The van der Waals surface area contributed by atoms with Crippen molar-refractivity contribution in [2.45, 2.75) is 0 Å². The molecule has 2 rings (SSSR count). The van der Waals surface area contributed by atoms with Crippen LogP contribution in [0.5, 0.6) is 0 Å². The lowest BCUT2D eigenvalue weighted by atomic mass is 10.1. The van der Waals surface area contributed by atoms with E-state index in [1.54, 1.807) is 12.1 Å². The Labute approximate surface area is 127 Å². The molecule has 2 aromatic carbocycles. The van der Waals surface area contributed by atoms with Gasteiger partial charge in [-0.1, -0.05) is 44.0 Å². The zero-order valence-corrected chi connectivity index (χ0v) is 12.9. The molecule has 5 heteroatoms. The number of nitro benzene ring substituents is 1. The quantitative estimate of drug-likeness (QED) is 0.413. The molecule has 0 saturated heterocycles. The fourth-order valence-electron chi connectivity index (χ4n) is 1.53. The molecule has 0 N–H and O–H groups in total. The highest BCUT2D eigenvalue weighted by Crippen LogP contribution is 2.26. The van der Waals surface area contributed by atoms with E-state index in [0.717, 1.165) is 20.1 Å². The largest absolute Gasteiger partial charge is 0.269 e. The second kappa shape index (κ2) is 6.12. The van der Waals surface area contributed by atoms with Crippen molar-refractivity contribution in [3.8, 4) is 0 Å². The molecule has 0 radical (unpaired) electrons. The van der Waals surface area contributed by atoms with Crippen LogP contribution < -0.4 is 0 Å². The maximum absolute atomic E-state index is 10.6. The van der Waals surface area contributed by atoms with E-state index < -0.39 is 4.92 Å². The fraction of sp³-hybridized carbons (Fsp3) is 0. The molecule has 0 fully saturated rings. The standard InChI is InChI=1S/C14H9Br2NO2/c15-12-5-1-10(2-6-12)9-14(16)11-3-7-13(8-4-11)17(18)19/h1-9H/b14-9-. The van der Waals surface area contributed by atoms with Gasteiger partial charge in [0.05, 0.1) is 4.92 Å². The third-order valence-electron chi connectivity index (χ3n) is 2.52. The number of halogens is 2. The van der Waals surface area contributed by atoms with E-state index >= 15 is 0 Å². The lowest BCUT2D eigenvalue weighted by Gasteiger charge is -2.00. The number of hydrogen-bond acceptors (Lipinski definition) is 2. The molecule has 0 aliphatic rings. The van der Waals surface area contributed by atoms with Gasteiger partial charge in [-0.05, 0) is 41.5 Å². The second-order valence-electron chi connectivity index (χ2n) is 3.85. The maximum atomic E-state index is 10.6. The van der Waals surface area contributed by atoms with E-state index in [9.17, 15) is 10.1 Å². The summed E-state index contributed by atoms with van der Waals surface area (Å²) < 4.78 is 1.90. The monoisotopic (exact) mass is 381 g/mol. The first kappa shape index (κ1) is 14.0. The molecule has 0 saturated carbocycles. The van der Waals surface area contributed by atoms with Crippen LogP contribution in [0.4, 0.5) is 5.69 Å². The highest BCUT2D eigenvalue weighted by Gasteiger charge is 2.05. The van der Waals surface area contributed by atoms with E-state index in [1.807, 2.05) is 30.3 Å². The Morgan fingerprint density at radius 1 is 1.05 bits per heavy atom. The van der Waals surface area contributed by atoms with Crippen molar-refractivity contribution in [2.24, 2.45) is 0 Å². The van der Waals surface area contributed by atoms with E-state index in [0.29, 0.717) is 0 Å². The van der Waals surface area contributed by atoms with E-state index in [1.165, 1.54) is 12.1 Å². The third-order valence-corrected chi connectivity index (χ3v) is 3.73. The molecule has 0 aromatic heterocycles. The minimum Gasteiger partial charge on any atom is -0.258 e. The van der Waals surface area contributed by atoms with E-state index in [4.69, 9.17) is 0 Å². The van der Waals surface area contributed by atoms with Crippen molar-refractivity contribution >= 4 is 48.1 Å². The first-order valence-corrected chi connectivity index (χ1v) is 7.02. The molecule has 0 atom stereocenters. The van der Waals surface area contributed by atoms with Crippen LogP contribution >= 0.6 is 31.9 Å². The normalized spacial score (nSPS) is 11.4. The molecule has 0 aliphatic heterocycles. The van der Waals surface area contributed by atoms with Crippen LogP contribution in [0.2, 0.25) is 0 Å². The van der Waals surface area contributed by atoms with Gasteiger partial charge >= 0.3 is 0 Å². The molecule has 0 heterocycles. The first-order valence-electron chi connectivity index (χ1n) is 5.44. The number of rotatable bonds is 3. The molecule has 0 amide bonds. The van der Waals surface area contributed by atoms with Gasteiger partial charge in [0, 0.05) is 21.1 Å². The molecule has 0 aliphatic carbocycles. The van der Waals surface area contributed by atoms with Crippen molar-refractivity contribution in [1.29, 1.82) is 0 Å². The van der Waals surface area contributed by atoms with Gasteiger partial charge in [-0.25, -0.2) is 0 Å². The Kier molecular flexibility index (Phi) is 4.50. The summed E-state index contributed by atoms with van der Waals surface area (Å²) in [7, 11) is 0. The van der Waals surface area contributed by atoms with Crippen molar-refractivity contribution in [2.75, 3.05) is 0 Å². The summed E-state index contributed by atoms with van der Waals surface area (Å²) in [5.74, 6) is 0. The Morgan fingerprint density at radius 2 is 1.63 bits per heavy atom. The van der Waals surface area contributed by atoms with Gasteiger partial charge in [0.2, 0.25) is 0 Å². The predicted octanol–water partition coefficient (Wildman–Crippen LogP) is 5.25. The summed E-state index contributed by atoms with van der Waals surface area (Å²) in [6.07, 6.45) is 1.97. The van der Waals surface area contributed by atoms with Gasteiger partial charge in [-0.2, -0.15) is 0 Å². The third kappa shape index (κ3) is 3.75. The summed E-state index contributed by atoms with van der Waals surface area (Å²) in [5, 5.41) is 10.6. The van der Waals surface area contributed by atoms with E-state index in [-0.39, 0.29) is 5.69 Å². The molecule has 3 nitrogen and oxygen atoms in total. The first-order chi connectivity index (χ1) is 9.06. The van der Waals surface area contributed by atoms with Crippen LogP contribution in [-0.4, -0.2) is 4.92 Å². The van der Waals surface area contributed by atoms with Crippen molar-refractivity contribution in [3.63, 3.8) is 0 Å². The Bertz CT molecular complexity index is 619. The summed E-state index contributed by atoms with van der Waals surface area (Å²) in [6, 6.07) is 14.3. The SMILES string of the molecule is O=[N+]([O-])c1ccc(/C(Br)=C/c2ccc(Br)cc2)cc1. The Hall–Kier alpha value is -1.46. The zero-order chi connectivity index (χ0) is 13.8. The molecule has 0 unspecified atom stereocenters. The average Bonchev–Trinajstić information content (AvgIpc) is 2.41. The van der Waals surface area contributed by atoms with E-state index in [2.05, 4.69) is 31.9 Å². The van der Waals surface area contributed by atoms with Gasteiger partial charge in [0.15, 0.2) is 0 Å². The van der Waals surface area contributed by atoms with Gasteiger partial charge in [0.25, 0.3) is 5.69 Å². The number of hydrogen-bond donors (Lipinski definition) is 0. The molecule has 19 heavy (non-hydrogen) atoms. The van der Waals surface area contributed by atoms with Gasteiger partial charge in [-0.15, -0.1) is 0 Å². The van der Waals surface area contributed by atoms with Crippen LogP contribution in [0.15, 0.2) is 53.0 Å². The summed E-state index contributed by atoms with van der Waals surface area (Å²) in [6.45, 7) is 0. The smallest absolute Gasteiger partial charge is 0.258 e. The van der Waals surface area contributed by atoms with Gasteiger partial charge in [-0.3, -0.25) is 10.1 Å². The van der Waals surface area contributed by atoms with Crippen molar-refractivity contribution in [1.82, 2.24) is 0 Å². The second-order valence-corrected chi connectivity index (χ2v) is 5.62.